The molecule has 0 aliphatic heterocycles. The van der Waals surface area contributed by atoms with Gasteiger partial charge < -0.3 is 19.5 Å². The summed E-state index contributed by atoms with van der Waals surface area (Å²) in [6.45, 7) is 5.60. The van der Waals surface area contributed by atoms with Crippen LogP contribution in [0.25, 0.3) is 0 Å². The van der Waals surface area contributed by atoms with Crippen LogP contribution in [0.15, 0.2) is 27.2 Å². The van der Waals surface area contributed by atoms with Gasteiger partial charge in [0.1, 0.15) is 5.76 Å². The summed E-state index contributed by atoms with van der Waals surface area (Å²) in [4.78, 5) is 0. The monoisotopic (exact) mass is 264 g/mol. The smallest absolute Gasteiger partial charge is 0.315 e. The van der Waals surface area contributed by atoms with Crippen molar-refractivity contribution >= 4 is 6.01 Å². The lowest BCUT2D eigenvalue weighted by molar-refractivity contribution is 0.470. The Labute approximate surface area is 112 Å². The molecule has 2 aromatic heterocycles. The number of nitrogens with zero attached hydrogens (tertiary/aromatic N) is 2. The Balaban J connectivity index is 1.75. The molecule has 6 nitrogen and oxygen atoms in total. The molecule has 0 radical (unpaired) electrons. The fourth-order valence-electron chi connectivity index (χ4n) is 1.71. The lowest BCUT2D eigenvalue weighted by Crippen LogP contribution is -2.16. The maximum atomic E-state index is 5.47. The zero-order valence-corrected chi connectivity index (χ0v) is 11.3. The molecule has 0 saturated heterocycles. The highest BCUT2D eigenvalue weighted by atomic mass is 16.4. The Morgan fingerprint density at radius 2 is 2.26 bits per heavy atom. The van der Waals surface area contributed by atoms with E-state index in [9.17, 15) is 0 Å². The van der Waals surface area contributed by atoms with Gasteiger partial charge in [-0.2, -0.15) is 0 Å². The number of anilines is 1. The minimum Gasteiger partial charge on any atom is -0.469 e. The molecule has 0 aromatic carbocycles. The van der Waals surface area contributed by atoms with Gasteiger partial charge in [-0.25, -0.2) is 0 Å². The van der Waals surface area contributed by atoms with Crippen LogP contribution in [0.2, 0.25) is 0 Å². The van der Waals surface area contributed by atoms with Crippen LogP contribution >= 0.6 is 0 Å². The van der Waals surface area contributed by atoms with Crippen LogP contribution in [0, 0.1) is 0 Å². The molecule has 0 aliphatic carbocycles. The van der Waals surface area contributed by atoms with Gasteiger partial charge in [0.25, 0.3) is 0 Å². The van der Waals surface area contributed by atoms with E-state index in [1.807, 2.05) is 19.1 Å². The average Bonchev–Trinajstić information content (AvgIpc) is 3.05. The van der Waals surface area contributed by atoms with Gasteiger partial charge in [0.05, 0.1) is 12.8 Å². The molecule has 19 heavy (non-hydrogen) atoms. The summed E-state index contributed by atoms with van der Waals surface area (Å²) in [5, 5.41) is 14.2. The van der Waals surface area contributed by atoms with E-state index in [-0.39, 0.29) is 6.04 Å². The molecule has 2 rings (SSSR count). The molecule has 1 unspecified atom stereocenters. The summed E-state index contributed by atoms with van der Waals surface area (Å²) >= 11 is 0. The van der Waals surface area contributed by atoms with Crippen LogP contribution in [0.1, 0.15) is 31.9 Å². The number of hydrogen-bond donors (Lipinski definition) is 2. The van der Waals surface area contributed by atoms with E-state index in [4.69, 9.17) is 8.83 Å². The Hall–Kier alpha value is -1.82. The minimum absolute atomic E-state index is 0.248. The zero-order valence-electron chi connectivity index (χ0n) is 11.3. The first-order chi connectivity index (χ1) is 9.28. The highest BCUT2D eigenvalue weighted by Gasteiger charge is 2.09. The van der Waals surface area contributed by atoms with Crippen LogP contribution in [-0.4, -0.2) is 22.8 Å². The number of nitrogens with one attached hydrogen (secondary N) is 2. The van der Waals surface area contributed by atoms with Gasteiger partial charge in [-0.3, -0.25) is 0 Å². The van der Waals surface area contributed by atoms with Crippen molar-refractivity contribution in [1.82, 2.24) is 15.5 Å². The highest BCUT2D eigenvalue weighted by molar-refractivity contribution is 5.19. The van der Waals surface area contributed by atoms with Gasteiger partial charge in [-0.1, -0.05) is 12.0 Å². The van der Waals surface area contributed by atoms with Crippen molar-refractivity contribution in [3.05, 3.63) is 30.0 Å². The Morgan fingerprint density at radius 1 is 1.37 bits per heavy atom. The lowest BCUT2D eigenvalue weighted by atomic mass is 10.1. The van der Waals surface area contributed by atoms with Crippen molar-refractivity contribution in [3.63, 3.8) is 0 Å². The standard InChI is InChI=1S/C13H20N4O2/c1-3-14-9-12-16-17-13(19-12)15-10(2)6-7-11-5-4-8-18-11/h4-5,8,10,14H,3,6-7,9H2,1-2H3,(H,15,17). The summed E-state index contributed by atoms with van der Waals surface area (Å²) < 4.78 is 10.8. The second kappa shape index (κ2) is 6.94. The van der Waals surface area contributed by atoms with Crippen LogP contribution in [0.3, 0.4) is 0 Å². The average molecular weight is 264 g/mol. The fraction of sp³-hybridized carbons (Fsp3) is 0.538. The van der Waals surface area contributed by atoms with E-state index in [0.29, 0.717) is 18.5 Å². The van der Waals surface area contributed by atoms with E-state index in [0.717, 1.165) is 25.1 Å². The third-order valence-electron chi connectivity index (χ3n) is 2.77. The van der Waals surface area contributed by atoms with Crippen LogP contribution in [-0.2, 0) is 13.0 Å². The molecule has 0 aliphatic rings. The molecule has 2 N–H and O–H groups in total. The summed E-state index contributed by atoms with van der Waals surface area (Å²) in [5.41, 5.74) is 0. The predicted molar refractivity (Wildman–Crippen MR) is 71.8 cm³/mol. The number of aromatic nitrogens is 2. The number of hydrogen-bond acceptors (Lipinski definition) is 6. The van der Waals surface area contributed by atoms with E-state index in [1.165, 1.54) is 0 Å². The third kappa shape index (κ3) is 4.40. The molecule has 0 amide bonds. The Kier molecular flexibility index (Phi) is 4.97. The predicted octanol–water partition coefficient (Wildman–Crippen LogP) is 2.21. The van der Waals surface area contributed by atoms with Crippen LogP contribution < -0.4 is 10.6 Å². The summed E-state index contributed by atoms with van der Waals surface area (Å²) in [6.07, 6.45) is 3.52. The molecular weight excluding hydrogens is 244 g/mol. The van der Waals surface area contributed by atoms with Crippen molar-refractivity contribution in [3.8, 4) is 0 Å². The first-order valence-electron chi connectivity index (χ1n) is 6.60. The van der Waals surface area contributed by atoms with Gasteiger partial charge in [0.2, 0.25) is 5.89 Å². The number of rotatable bonds is 8. The fourth-order valence-corrected chi connectivity index (χ4v) is 1.71. The molecule has 0 fully saturated rings. The molecular formula is C13H20N4O2. The number of aryl methyl sites for hydroxylation is 1. The van der Waals surface area contributed by atoms with Gasteiger partial charge in [-0.15, -0.1) is 5.10 Å². The minimum atomic E-state index is 0.248. The maximum absolute atomic E-state index is 5.47. The zero-order chi connectivity index (χ0) is 13.5. The lowest BCUT2D eigenvalue weighted by Gasteiger charge is -2.10. The topological polar surface area (TPSA) is 76.1 Å². The van der Waals surface area contributed by atoms with Crippen molar-refractivity contribution in [2.24, 2.45) is 0 Å². The summed E-state index contributed by atoms with van der Waals surface area (Å²) in [6, 6.07) is 4.60. The van der Waals surface area contributed by atoms with Gasteiger partial charge in [0, 0.05) is 12.5 Å². The Bertz CT molecular complexity index is 467. The molecule has 0 spiro atoms. The maximum Gasteiger partial charge on any atom is 0.315 e. The van der Waals surface area contributed by atoms with E-state index in [2.05, 4.69) is 27.8 Å². The second-order valence-corrected chi connectivity index (χ2v) is 4.44. The first-order valence-corrected chi connectivity index (χ1v) is 6.60. The normalized spacial score (nSPS) is 12.5. The van der Waals surface area contributed by atoms with Gasteiger partial charge in [-0.05, 0) is 32.0 Å². The van der Waals surface area contributed by atoms with Crippen molar-refractivity contribution in [2.45, 2.75) is 39.3 Å². The van der Waals surface area contributed by atoms with Crippen molar-refractivity contribution < 1.29 is 8.83 Å². The highest BCUT2D eigenvalue weighted by Crippen LogP contribution is 2.11. The SMILES string of the molecule is CCNCc1nnc(NC(C)CCc2ccco2)o1. The molecule has 0 saturated carbocycles. The molecule has 1 atom stereocenters. The summed E-state index contributed by atoms with van der Waals surface area (Å²) in [7, 11) is 0. The second-order valence-electron chi connectivity index (χ2n) is 4.44. The number of furan rings is 1. The molecule has 0 bridgehead atoms. The van der Waals surface area contributed by atoms with E-state index >= 15 is 0 Å². The van der Waals surface area contributed by atoms with Crippen molar-refractivity contribution in [2.75, 3.05) is 11.9 Å². The Morgan fingerprint density at radius 3 is 3.00 bits per heavy atom. The van der Waals surface area contributed by atoms with Crippen LogP contribution in [0.5, 0.6) is 0 Å². The molecule has 2 aromatic rings. The molecule has 2 heterocycles. The quantitative estimate of drug-likeness (QED) is 0.761. The van der Waals surface area contributed by atoms with Crippen LogP contribution in [0.4, 0.5) is 6.01 Å². The molecule has 6 heteroatoms. The molecule has 104 valence electrons. The van der Waals surface area contributed by atoms with Gasteiger partial charge in [0.15, 0.2) is 0 Å². The first kappa shape index (κ1) is 13.6. The summed E-state index contributed by atoms with van der Waals surface area (Å²) in [5.74, 6) is 1.59. The van der Waals surface area contributed by atoms with Gasteiger partial charge >= 0.3 is 6.01 Å². The van der Waals surface area contributed by atoms with Crippen molar-refractivity contribution in [1.29, 1.82) is 0 Å². The van der Waals surface area contributed by atoms with E-state index in [1.54, 1.807) is 6.26 Å². The largest absolute Gasteiger partial charge is 0.469 e. The third-order valence-corrected chi connectivity index (χ3v) is 2.77. The van der Waals surface area contributed by atoms with E-state index < -0.39 is 0 Å².